The van der Waals surface area contributed by atoms with Gasteiger partial charge in [0.1, 0.15) is 0 Å². The minimum atomic E-state index is 0.526. The van der Waals surface area contributed by atoms with Crippen LogP contribution in [-0.2, 0) is 0 Å². The molecule has 0 aliphatic carbocycles. The van der Waals surface area contributed by atoms with E-state index in [9.17, 15) is 0 Å². The monoisotopic (exact) mass is 272 g/mol. The molecule has 0 spiro atoms. The van der Waals surface area contributed by atoms with Crippen molar-refractivity contribution < 1.29 is 4.74 Å². The van der Waals surface area contributed by atoms with Crippen molar-refractivity contribution in [3.05, 3.63) is 24.3 Å². The summed E-state index contributed by atoms with van der Waals surface area (Å²) >= 11 is 0. The van der Waals surface area contributed by atoms with Crippen LogP contribution >= 0.6 is 0 Å². The van der Waals surface area contributed by atoms with E-state index in [0.717, 1.165) is 29.9 Å². The summed E-state index contributed by atoms with van der Waals surface area (Å²) in [5.41, 5.74) is 1.76. The summed E-state index contributed by atoms with van der Waals surface area (Å²) in [6.07, 6.45) is 2.46. The molecule has 0 saturated carbocycles. The molecule has 1 N–H and O–H groups in total. The molecule has 0 amide bonds. The molecule has 0 radical (unpaired) electrons. The smallest absolute Gasteiger partial charge is 0.257 e. The van der Waals surface area contributed by atoms with Gasteiger partial charge in [-0.05, 0) is 31.5 Å². The van der Waals surface area contributed by atoms with Crippen LogP contribution in [-0.4, -0.2) is 43.3 Å². The Balaban J connectivity index is 1.91. The number of hydrogen-bond donors (Lipinski definition) is 1. The first-order valence-corrected chi connectivity index (χ1v) is 7.03. The molecule has 106 valence electrons. The summed E-state index contributed by atoms with van der Waals surface area (Å²) in [4.78, 5) is 11.4. The lowest BCUT2D eigenvalue weighted by atomic mass is 10.2. The van der Waals surface area contributed by atoms with Gasteiger partial charge in [-0.3, -0.25) is 0 Å². The molecule has 3 rings (SSSR count). The summed E-state index contributed by atoms with van der Waals surface area (Å²) in [6, 6.07) is 8.40. The van der Waals surface area contributed by atoms with Crippen molar-refractivity contribution in [2.45, 2.75) is 18.9 Å². The van der Waals surface area contributed by atoms with Gasteiger partial charge in [0.25, 0.3) is 5.88 Å². The van der Waals surface area contributed by atoms with Crippen LogP contribution in [0.5, 0.6) is 5.88 Å². The van der Waals surface area contributed by atoms with Crippen molar-refractivity contribution >= 4 is 16.9 Å². The molecule has 1 fully saturated rings. The molecule has 5 nitrogen and oxygen atoms in total. The zero-order chi connectivity index (χ0) is 13.9. The summed E-state index contributed by atoms with van der Waals surface area (Å²) in [6.45, 7) is 2.03. The number of nitrogens with zero attached hydrogens (tertiary/aromatic N) is 3. The number of para-hydroxylation sites is 2. The first-order chi connectivity index (χ1) is 9.78. The van der Waals surface area contributed by atoms with Crippen molar-refractivity contribution in [3.8, 4) is 5.88 Å². The molecule has 1 aromatic heterocycles. The Morgan fingerprint density at radius 3 is 2.70 bits per heavy atom. The van der Waals surface area contributed by atoms with Crippen molar-refractivity contribution in [2.24, 2.45) is 0 Å². The lowest BCUT2D eigenvalue weighted by Crippen LogP contribution is -2.35. The number of fused-ring (bicyclic) bond motifs is 1. The highest BCUT2D eigenvalue weighted by Crippen LogP contribution is 2.26. The van der Waals surface area contributed by atoms with Crippen LogP contribution < -0.4 is 15.0 Å². The second-order valence-electron chi connectivity index (χ2n) is 5.22. The molecule has 2 heterocycles. The number of nitrogens with one attached hydrogen (secondary N) is 1. The minimum absolute atomic E-state index is 0.526. The number of aromatic nitrogens is 2. The SMILES string of the molecule is COc1nc2ccccc2nc1N(C)C[C@H]1CCCN1. The maximum absolute atomic E-state index is 5.40. The van der Waals surface area contributed by atoms with Gasteiger partial charge in [0.05, 0.1) is 18.1 Å². The van der Waals surface area contributed by atoms with Crippen LogP contribution in [0.3, 0.4) is 0 Å². The van der Waals surface area contributed by atoms with Gasteiger partial charge in [-0.25, -0.2) is 9.97 Å². The topological polar surface area (TPSA) is 50.3 Å². The van der Waals surface area contributed by atoms with E-state index in [-0.39, 0.29) is 0 Å². The Morgan fingerprint density at radius 2 is 2.05 bits per heavy atom. The Morgan fingerprint density at radius 1 is 1.30 bits per heavy atom. The molecule has 0 bridgehead atoms. The highest BCUT2D eigenvalue weighted by Gasteiger charge is 2.20. The van der Waals surface area contributed by atoms with Gasteiger partial charge in [-0.2, -0.15) is 0 Å². The molecule has 1 aliphatic heterocycles. The van der Waals surface area contributed by atoms with E-state index >= 15 is 0 Å². The van der Waals surface area contributed by atoms with Crippen LogP contribution in [0.25, 0.3) is 11.0 Å². The highest BCUT2D eigenvalue weighted by atomic mass is 16.5. The average Bonchev–Trinajstić information content (AvgIpc) is 2.98. The van der Waals surface area contributed by atoms with E-state index in [4.69, 9.17) is 9.72 Å². The first-order valence-electron chi connectivity index (χ1n) is 7.03. The number of likely N-dealkylation sites (N-methyl/N-ethyl adjacent to an activating group) is 1. The quantitative estimate of drug-likeness (QED) is 0.920. The fourth-order valence-electron chi connectivity index (χ4n) is 2.69. The van der Waals surface area contributed by atoms with Gasteiger partial charge in [0.2, 0.25) is 0 Å². The van der Waals surface area contributed by atoms with Crippen LogP contribution in [0.4, 0.5) is 5.82 Å². The minimum Gasteiger partial charge on any atom is -0.478 e. The lowest BCUT2D eigenvalue weighted by Gasteiger charge is -2.23. The summed E-state index contributed by atoms with van der Waals surface area (Å²) in [5, 5.41) is 3.50. The predicted molar refractivity (Wildman–Crippen MR) is 80.4 cm³/mol. The van der Waals surface area contributed by atoms with Gasteiger partial charge in [0.15, 0.2) is 5.82 Å². The molecule has 1 saturated heterocycles. The summed E-state index contributed by atoms with van der Waals surface area (Å²) < 4.78 is 5.40. The first kappa shape index (κ1) is 13.1. The standard InChI is InChI=1S/C15H20N4O/c1-19(10-11-6-5-9-16-11)14-15(20-2)18-13-8-4-3-7-12(13)17-14/h3-4,7-8,11,16H,5-6,9-10H2,1-2H3/t11-/m1/s1. The Bertz CT molecular complexity index is 595. The van der Waals surface area contributed by atoms with Crippen molar-refractivity contribution in [3.63, 3.8) is 0 Å². The van der Waals surface area contributed by atoms with E-state index in [1.807, 2.05) is 31.3 Å². The highest BCUT2D eigenvalue weighted by molar-refractivity contribution is 5.77. The Hall–Kier alpha value is -1.88. The van der Waals surface area contributed by atoms with Crippen LogP contribution in [0.1, 0.15) is 12.8 Å². The average molecular weight is 272 g/mol. The van der Waals surface area contributed by atoms with Gasteiger partial charge in [-0.1, -0.05) is 12.1 Å². The van der Waals surface area contributed by atoms with Crippen molar-refractivity contribution in [1.82, 2.24) is 15.3 Å². The predicted octanol–water partition coefficient (Wildman–Crippen LogP) is 1.83. The molecule has 20 heavy (non-hydrogen) atoms. The summed E-state index contributed by atoms with van der Waals surface area (Å²) in [5.74, 6) is 1.39. The second-order valence-corrected chi connectivity index (χ2v) is 5.22. The summed E-state index contributed by atoms with van der Waals surface area (Å²) in [7, 11) is 3.69. The van der Waals surface area contributed by atoms with Crippen LogP contribution in [0, 0.1) is 0 Å². The second kappa shape index (κ2) is 5.63. The number of rotatable bonds is 4. The van der Waals surface area contributed by atoms with Crippen molar-refractivity contribution in [1.29, 1.82) is 0 Å². The van der Waals surface area contributed by atoms with Gasteiger partial charge >= 0.3 is 0 Å². The Kier molecular flexibility index (Phi) is 3.69. The molecule has 0 unspecified atom stereocenters. The third-order valence-corrected chi connectivity index (χ3v) is 3.73. The molecular weight excluding hydrogens is 252 g/mol. The van der Waals surface area contributed by atoms with Crippen molar-refractivity contribution in [2.75, 3.05) is 32.1 Å². The fourth-order valence-corrected chi connectivity index (χ4v) is 2.69. The molecule has 1 aromatic carbocycles. The zero-order valence-electron chi connectivity index (χ0n) is 12.0. The third kappa shape index (κ3) is 2.54. The normalized spacial score (nSPS) is 18.4. The van der Waals surface area contributed by atoms with Crippen LogP contribution in [0.15, 0.2) is 24.3 Å². The molecule has 5 heteroatoms. The van der Waals surface area contributed by atoms with Gasteiger partial charge < -0.3 is 15.0 Å². The van der Waals surface area contributed by atoms with Crippen LogP contribution in [0.2, 0.25) is 0 Å². The van der Waals surface area contributed by atoms with Gasteiger partial charge in [-0.15, -0.1) is 0 Å². The largest absolute Gasteiger partial charge is 0.478 e. The number of methoxy groups -OCH3 is 1. The molecule has 1 aliphatic rings. The fraction of sp³-hybridized carbons (Fsp3) is 0.467. The number of ether oxygens (including phenoxy) is 1. The third-order valence-electron chi connectivity index (χ3n) is 3.73. The number of hydrogen-bond acceptors (Lipinski definition) is 5. The number of benzene rings is 1. The van der Waals surface area contributed by atoms with E-state index in [0.29, 0.717) is 11.9 Å². The maximum atomic E-state index is 5.40. The molecule has 1 atom stereocenters. The zero-order valence-corrected chi connectivity index (χ0v) is 12.0. The lowest BCUT2D eigenvalue weighted by molar-refractivity contribution is 0.397. The van der Waals surface area contributed by atoms with E-state index < -0.39 is 0 Å². The Labute approximate surface area is 119 Å². The van der Waals surface area contributed by atoms with E-state index in [1.165, 1.54) is 12.8 Å². The number of anilines is 1. The van der Waals surface area contributed by atoms with Gasteiger partial charge in [0, 0.05) is 19.6 Å². The van der Waals surface area contributed by atoms with E-state index in [2.05, 4.69) is 15.2 Å². The van der Waals surface area contributed by atoms with E-state index in [1.54, 1.807) is 7.11 Å². The molecular formula is C15H20N4O. The maximum Gasteiger partial charge on any atom is 0.257 e. The molecule has 2 aromatic rings.